The van der Waals surface area contributed by atoms with Crippen molar-refractivity contribution in [2.75, 3.05) is 7.11 Å². The smallest absolute Gasteiger partial charge is 0.152 e. The predicted molar refractivity (Wildman–Crippen MR) is 91.7 cm³/mol. The third-order valence-electron chi connectivity index (χ3n) is 3.83. The van der Waals surface area contributed by atoms with Crippen molar-refractivity contribution in [1.29, 1.82) is 0 Å². The van der Waals surface area contributed by atoms with Gasteiger partial charge in [0.25, 0.3) is 0 Å². The Kier molecular flexibility index (Phi) is 4.29. The quantitative estimate of drug-likeness (QED) is 0.631. The Hall–Kier alpha value is -2.07. The van der Waals surface area contributed by atoms with E-state index in [1.165, 1.54) is 5.56 Å². The molecule has 1 heterocycles. The highest BCUT2D eigenvalue weighted by Gasteiger charge is 2.09. The maximum atomic E-state index is 11.3. The van der Waals surface area contributed by atoms with Crippen molar-refractivity contribution in [3.8, 4) is 5.75 Å². The number of nitrogens with zero attached hydrogens (tertiary/aromatic N) is 1. The molecule has 22 heavy (non-hydrogen) atoms. The van der Waals surface area contributed by atoms with Crippen molar-refractivity contribution in [3.63, 3.8) is 0 Å². The second-order valence-electron chi connectivity index (χ2n) is 5.12. The number of fused-ring (bicyclic) bond motifs is 1. The van der Waals surface area contributed by atoms with Crippen LogP contribution in [0.2, 0.25) is 0 Å². The summed E-state index contributed by atoms with van der Waals surface area (Å²) in [7, 11) is 1.63. The largest absolute Gasteiger partial charge is 0.497 e. The summed E-state index contributed by atoms with van der Waals surface area (Å²) >= 11 is 3.58. The van der Waals surface area contributed by atoms with Crippen LogP contribution in [-0.4, -0.2) is 18.0 Å². The van der Waals surface area contributed by atoms with Gasteiger partial charge in [0.1, 0.15) is 5.75 Å². The van der Waals surface area contributed by atoms with E-state index < -0.39 is 0 Å². The molecule has 0 aliphatic rings. The number of hydrogen-bond acceptors (Lipinski definition) is 2. The molecule has 0 saturated heterocycles. The number of benzene rings is 2. The highest BCUT2D eigenvalue weighted by molar-refractivity contribution is 9.10. The van der Waals surface area contributed by atoms with Gasteiger partial charge in [-0.15, -0.1) is 0 Å². The van der Waals surface area contributed by atoms with E-state index in [-0.39, 0.29) is 0 Å². The molecule has 0 bridgehead atoms. The van der Waals surface area contributed by atoms with E-state index in [0.717, 1.165) is 40.4 Å². The molecule has 0 saturated carbocycles. The lowest BCUT2D eigenvalue weighted by molar-refractivity contribution is 0.112. The molecular weight excluding hydrogens is 342 g/mol. The zero-order chi connectivity index (χ0) is 15.5. The van der Waals surface area contributed by atoms with Gasteiger partial charge in [0.15, 0.2) is 6.29 Å². The standard InChI is InChI=1S/C18H16BrNO2/c1-22-15-6-7-18-16(10-15)14(12-21)11-20(18)9-8-13-4-2-3-5-17(13)19/h2-7,10-12H,8-9H2,1H3. The lowest BCUT2D eigenvalue weighted by Gasteiger charge is -2.08. The van der Waals surface area contributed by atoms with Crippen LogP contribution in [0.15, 0.2) is 53.1 Å². The fourth-order valence-electron chi connectivity index (χ4n) is 2.65. The van der Waals surface area contributed by atoms with E-state index in [1.807, 2.05) is 42.6 Å². The molecule has 0 aliphatic carbocycles. The summed E-state index contributed by atoms with van der Waals surface area (Å²) in [5.74, 6) is 0.763. The van der Waals surface area contributed by atoms with Crippen LogP contribution in [0.4, 0.5) is 0 Å². The van der Waals surface area contributed by atoms with E-state index >= 15 is 0 Å². The minimum atomic E-state index is 0.695. The van der Waals surface area contributed by atoms with Crippen molar-refractivity contribution in [2.24, 2.45) is 0 Å². The number of hydrogen-bond donors (Lipinski definition) is 0. The molecule has 3 rings (SSSR count). The van der Waals surface area contributed by atoms with Crippen molar-refractivity contribution < 1.29 is 9.53 Å². The molecule has 4 heteroatoms. The van der Waals surface area contributed by atoms with Crippen LogP contribution in [0, 0.1) is 0 Å². The number of carbonyl (C=O) groups is 1. The maximum Gasteiger partial charge on any atom is 0.152 e. The number of aromatic nitrogens is 1. The van der Waals surface area contributed by atoms with E-state index in [2.05, 4.69) is 26.6 Å². The van der Waals surface area contributed by atoms with Gasteiger partial charge in [-0.05, 0) is 36.2 Å². The third kappa shape index (κ3) is 2.79. The number of methoxy groups -OCH3 is 1. The fourth-order valence-corrected chi connectivity index (χ4v) is 3.13. The Morgan fingerprint density at radius 1 is 1.23 bits per heavy atom. The average Bonchev–Trinajstić information content (AvgIpc) is 2.91. The van der Waals surface area contributed by atoms with E-state index in [0.29, 0.717) is 5.56 Å². The van der Waals surface area contributed by atoms with E-state index in [1.54, 1.807) is 7.11 Å². The number of aldehydes is 1. The summed E-state index contributed by atoms with van der Waals surface area (Å²) < 4.78 is 8.48. The Morgan fingerprint density at radius 3 is 2.77 bits per heavy atom. The zero-order valence-electron chi connectivity index (χ0n) is 12.3. The SMILES string of the molecule is COc1ccc2c(c1)c(C=O)cn2CCc1ccccc1Br. The van der Waals surface area contributed by atoms with Crippen LogP contribution in [-0.2, 0) is 13.0 Å². The first-order valence-electron chi connectivity index (χ1n) is 7.08. The molecule has 2 aromatic carbocycles. The van der Waals surface area contributed by atoms with Crippen molar-refractivity contribution in [2.45, 2.75) is 13.0 Å². The number of aryl methyl sites for hydroxylation is 2. The summed E-state index contributed by atoms with van der Waals surface area (Å²) in [6.07, 6.45) is 3.71. The molecule has 0 radical (unpaired) electrons. The normalized spacial score (nSPS) is 10.8. The van der Waals surface area contributed by atoms with Gasteiger partial charge in [-0.2, -0.15) is 0 Å². The lowest BCUT2D eigenvalue weighted by Crippen LogP contribution is -2.00. The zero-order valence-corrected chi connectivity index (χ0v) is 13.8. The summed E-state index contributed by atoms with van der Waals surface area (Å²) in [5, 5.41) is 0.932. The van der Waals surface area contributed by atoms with Gasteiger partial charge >= 0.3 is 0 Å². The molecular formula is C18H16BrNO2. The van der Waals surface area contributed by atoms with Crippen LogP contribution in [0.25, 0.3) is 10.9 Å². The van der Waals surface area contributed by atoms with Gasteiger partial charge in [-0.25, -0.2) is 0 Å². The molecule has 0 aliphatic heterocycles. The second-order valence-corrected chi connectivity index (χ2v) is 5.97. The van der Waals surface area contributed by atoms with Crippen LogP contribution < -0.4 is 4.74 Å². The Balaban J connectivity index is 1.94. The second kappa shape index (κ2) is 6.36. The minimum Gasteiger partial charge on any atom is -0.497 e. The first-order valence-corrected chi connectivity index (χ1v) is 7.87. The Labute approximate surface area is 137 Å². The highest BCUT2D eigenvalue weighted by atomic mass is 79.9. The molecule has 3 aromatic rings. The van der Waals surface area contributed by atoms with Gasteiger partial charge in [0, 0.05) is 33.7 Å². The van der Waals surface area contributed by atoms with Crippen molar-refractivity contribution >= 4 is 33.1 Å². The third-order valence-corrected chi connectivity index (χ3v) is 4.60. The van der Waals surface area contributed by atoms with E-state index in [9.17, 15) is 4.79 Å². The number of halogens is 1. The van der Waals surface area contributed by atoms with Crippen LogP contribution in [0.1, 0.15) is 15.9 Å². The van der Waals surface area contributed by atoms with Gasteiger partial charge in [0.2, 0.25) is 0 Å². The summed E-state index contributed by atoms with van der Waals surface area (Å²) in [5.41, 5.74) is 3.00. The molecule has 0 spiro atoms. The topological polar surface area (TPSA) is 31.2 Å². The fraction of sp³-hybridized carbons (Fsp3) is 0.167. The molecule has 112 valence electrons. The number of carbonyl (C=O) groups excluding carboxylic acids is 1. The first-order chi connectivity index (χ1) is 10.7. The first kappa shape index (κ1) is 14.9. The Bertz CT molecular complexity index is 823. The van der Waals surface area contributed by atoms with Crippen molar-refractivity contribution in [3.05, 3.63) is 64.3 Å². The molecule has 1 aromatic heterocycles. The average molecular weight is 358 g/mol. The molecule has 0 amide bonds. The van der Waals surface area contributed by atoms with Gasteiger partial charge in [-0.3, -0.25) is 4.79 Å². The summed E-state index contributed by atoms with van der Waals surface area (Å²) in [6, 6.07) is 14.0. The highest BCUT2D eigenvalue weighted by Crippen LogP contribution is 2.26. The van der Waals surface area contributed by atoms with Crippen LogP contribution >= 0.6 is 15.9 Å². The van der Waals surface area contributed by atoms with E-state index in [4.69, 9.17) is 4.74 Å². The number of ether oxygens (including phenoxy) is 1. The monoisotopic (exact) mass is 357 g/mol. The minimum absolute atomic E-state index is 0.695. The molecule has 3 nitrogen and oxygen atoms in total. The Morgan fingerprint density at radius 2 is 2.05 bits per heavy atom. The van der Waals surface area contributed by atoms with Gasteiger partial charge in [0.05, 0.1) is 7.11 Å². The molecule has 0 fully saturated rings. The summed E-state index contributed by atoms with van der Waals surface area (Å²) in [6.45, 7) is 0.819. The van der Waals surface area contributed by atoms with Crippen molar-refractivity contribution in [1.82, 2.24) is 4.57 Å². The van der Waals surface area contributed by atoms with Gasteiger partial charge in [-0.1, -0.05) is 34.1 Å². The van der Waals surface area contributed by atoms with Crippen LogP contribution in [0.3, 0.4) is 0 Å². The number of rotatable bonds is 5. The predicted octanol–water partition coefficient (Wildman–Crippen LogP) is 4.47. The summed E-state index contributed by atoms with van der Waals surface area (Å²) in [4.78, 5) is 11.3. The molecule has 0 atom stereocenters. The van der Waals surface area contributed by atoms with Gasteiger partial charge < -0.3 is 9.30 Å². The van der Waals surface area contributed by atoms with Crippen LogP contribution in [0.5, 0.6) is 5.75 Å². The maximum absolute atomic E-state index is 11.3. The molecule has 0 unspecified atom stereocenters. The molecule has 0 N–H and O–H groups in total. The lowest BCUT2D eigenvalue weighted by atomic mass is 10.1.